The van der Waals surface area contributed by atoms with E-state index >= 15 is 0 Å². The van der Waals surface area contributed by atoms with Gasteiger partial charge in [0, 0.05) is 5.75 Å². The summed E-state index contributed by atoms with van der Waals surface area (Å²) in [4.78, 5) is 13.8. The second-order valence-electron chi connectivity index (χ2n) is 2.86. The number of H-pyrrole nitrogens is 1. The number of thiazole rings is 1. The SMILES string of the molecule is O=c1[nH]c2ccc(C=CCS)cc2s1. The average Bonchev–Trinajstić information content (AvgIpc) is 2.54. The zero-order valence-corrected chi connectivity index (χ0v) is 9.07. The van der Waals surface area contributed by atoms with Crippen LogP contribution in [0.1, 0.15) is 5.56 Å². The Morgan fingerprint density at radius 2 is 2.36 bits per heavy atom. The minimum absolute atomic E-state index is 0.00433. The van der Waals surface area contributed by atoms with Gasteiger partial charge in [-0.3, -0.25) is 4.79 Å². The Hall–Kier alpha value is -1.00. The first-order chi connectivity index (χ1) is 6.79. The lowest BCUT2D eigenvalue weighted by molar-refractivity contribution is 1.41. The molecule has 0 radical (unpaired) electrons. The fourth-order valence-corrected chi connectivity index (χ4v) is 2.14. The molecule has 1 aromatic heterocycles. The molecule has 0 saturated carbocycles. The molecule has 0 aliphatic heterocycles. The van der Waals surface area contributed by atoms with Crippen molar-refractivity contribution >= 4 is 40.3 Å². The van der Waals surface area contributed by atoms with E-state index in [4.69, 9.17) is 0 Å². The molecule has 2 rings (SSSR count). The summed E-state index contributed by atoms with van der Waals surface area (Å²) >= 11 is 5.32. The Kier molecular flexibility index (Phi) is 2.74. The fourth-order valence-electron chi connectivity index (χ4n) is 1.25. The fraction of sp³-hybridized carbons (Fsp3) is 0.100. The van der Waals surface area contributed by atoms with Crippen molar-refractivity contribution in [2.24, 2.45) is 0 Å². The lowest BCUT2D eigenvalue weighted by Gasteiger charge is -1.92. The van der Waals surface area contributed by atoms with Crippen molar-refractivity contribution in [2.45, 2.75) is 0 Å². The van der Waals surface area contributed by atoms with Crippen LogP contribution < -0.4 is 4.87 Å². The van der Waals surface area contributed by atoms with Crippen LogP contribution in [0.15, 0.2) is 29.1 Å². The van der Waals surface area contributed by atoms with E-state index in [9.17, 15) is 4.79 Å². The minimum atomic E-state index is -0.00433. The quantitative estimate of drug-likeness (QED) is 0.754. The van der Waals surface area contributed by atoms with Crippen LogP contribution in [0, 0.1) is 0 Å². The molecule has 4 heteroatoms. The number of hydrogen-bond acceptors (Lipinski definition) is 3. The lowest BCUT2D eigenvalue weighted by atomic mass is 10.2. The molecule has 0 amide bonds. The largest absolute Gasteiger partial charge is 0.312 e. The molecule has 14 heavy (non-hydrogen) atoms. The molecular formula is C10H9NOS2. The van der Waals surface area contributed by atoms with Gasteiger partial charge in [0.05, 0.1) is 10.2 Å². The first kappa shape index (κ1) is 9.55. The van der Waals surface area contributed by atoms with E-state index in [0.29, 0.717) is 0 Å². The summed E-state index contributed by atoms with van der Waals surface area (Å²) in [5.41, 5.74) is 2.00. The van der Waals surface area contributed by atoms with Gasteiger partial charge in [-0.15, -0.1) is 0 Å². The second-order valence-corrected chi connectivity index (χ2v) is 4.23. The van der Waals surface area contributed by atoms with Crippen LogP contribution in [0.3, 0.4) is 0 Å². The van der Waals surface area contributed by atoms with Gasteiger partial charge >= 0.3 is 4.87 Å². The molecule has 0 saturated heterocycles. The molecule has 72 valence electrons. The van der Waals surface area contributed by atoms with E-state index in [1.807, 2.05) is 30.4 Å². The number of hydrogen-bond donors (Lipinski definition) is 2. The van der Waals surface area contributed by atoms with Gasteiger partial charge in [-0.1, -0.05) is 29.6 Å². The standard InChI is InChI=1S/C10H9NOS2/c12-10-11-8-4-3-7(2-1-5-13)6-9(8)14-10/h1-4,6,13H,5H2,(H,11,12). The predicted molar refractivity (Wildman–Crippen MR) is 65.3 cm³/mol. The molecule has 0 atom stereocenters. The molecule has 0 unspecified atom stereocenters. The van der Waals surface area contributed by atoms with Crippen molar-refractivity contribution in [3.05, 3.63) is 39.5 Å². The van der Waals surface area contributed by atoms with Crippen LogP contribution in [0.2, 0.25) is 0 Å². The highest BCUT2D eigenvalue weighted by Crippen LogP contribution is 2.16. The number of thiol groups is 1. The molecule has 0 aliphatic carbocycles. The normalized spacial score (nSPS) is 11.5. The third-order valence-electron chi connectivity index (χ3n) is 1.86. The van der Waals surface area contributed by atoms with E-state index in [1.54, 1.807) is 0 Å². The van der Waals surface area contributed by atoms with Gasteiger partial charge in [0.1, 0.15) is 0 Å². The van der Waals surface area contributed by atoms with Crippen molar-refractivity contribution in [3.8, 4) is 0 Å². The Bertz CT molecular complexity index is 524. The van der Waals surface area contributed by atoms with Crippen molar-refractivity contribution < 1.29 is 0 Å². The first-order valence-electron chi connectivity index (χ1n) is 4.20. The van der Waals surface area contributed by atoms with Gasteiger partial charge in [0.2, 0.25) is 0 Å². The predicted octanol–water partition coefficient (Wildman–Crippen LogP) is 2.53. The summed E-state index contributed by atoms with van der Waals surface area (Å²) in [5, 5.41) is 0. The van der Waals surface area contributed by atoms with Gasteiger partial charge in [-0.2, -0.15) is 12.6 Å². The summed E-state index contributed by atoms with van der Waals surface area (Å²) in [7, 11) is 0. The maximum atomic E-state index is 11.0. The van der Waals surface area contributed by atoms with Gasteiger partial charge in [-0.05, 0) is 17.7 Å². The monoisotopic (exact) mass is 223 g/mol. The zero-order chi connectivity index (χ0) is 9.97. The average molecular weight is 223 g/mol. The van der Waals surface area contributed by atoms with Crippen LogP contribution in [-0.2, 0) is 0 Å². The molecule has 0 bridgehead atoms. The van der Waals surface area contributed by atoms with E-state index in [2.05, 4.69) is 17.6 Å². The summed E-state index contributed by atoms with van der Waals surface area (Å²) < 4.78 is 0.997. The molecule has 2 nitrogen and oxygen atoms in total. The van der Waals surface area contributed by atoms with Crippen LogP contribution in [0.5, 0.6) is 0 Å². The number of aromatic amines is 1. The number of fused-ring (bicyclic) bond motifs is 1. The maximum absolute atomic E-state index is 11.0. The molecule has 2 aromatic rings. The number of benzene rings is 1. The number of nitrogens with one attached hydrogen (secondary N) is 1. The molecule has 0 spiro atoms. The first-order valence-corrected chi connectivity index (χ1v) is 5.65. The van der Waals surface area contributed by atoms with Gasteiger partial charge in [0.15, 0.2) is 0 Å². The molecule has 1 heterocycles. The summed E-state index contributed by atoms with van der Waals surface area (Å²) in [6.45, 7) is 0. The van der Waals surface area contributed by atoms with Crippen LogP contribution in [0.25, 0.3) is 16.3 Å². The van der Waals surface area contributed by atoms with Crippen LogP contribution >= 0.6 is 24.0 Å². The van der Waals surface area contributed by atoms with E-state index in [-0.39, 0.29) is 4.87 Å². The van der Waals surface area contributed by atoms with Gasteiger partial charge in [0.25, 0.3) is 0 Å². The summed E-state index contributed by atoms with van der Waals surface area (Å²) in [6.07, 6.45) is 3.97. The van der Waals surface area contributed by atoms with E-state index in [0.717, 1.165) is 21.5 Å². The van der Waals surface area contributed by atoms with Crippen LogP contribution in [0.4, 0.5) is 0 Å². The van der Waals surface area contributed by atoms with Crippen LogP contribution in [-0.4, -0.2) is 10.7 Å². The molecule has 1 aromatic carbocycles. The molecule has 0 aliphatic rings. The highest BCUT2D eigenvalue weighted by atomic mass is 32.1. The van der Waals surface area contributed by atoms with Crippen molar-refractivity contribution in [3.63, 3.8) is 0 Å². The van der Waals surface area contributed by atoms with Gasteiger partial charge in [-0.25, -0.2) is 0 Å². The van der Waals surface area contributed by atoms with Crippen molar-refractivity contribution in [2.75, 3.05) is 5.75 Å². The molecular weight excluding hydrogens is 214 g/mol. The van der Waals surface area contributed by atoms with E-state index in [1.165, 1.54) is 11.3 Å². The summed E-state index contributed by atoms with van der Waals surface area (Å²) in [6, 6.07) is 5.90. The van der Waals surface area contributed by atoms with Crippen molar-refractivity contribution in [1.82, 2.24) is 4.98 Å². The third kappa shape index (κ3) is 1.91. The van der Waals surface area contributed by atoms with E-state index < -0.39 is 0 Å². The Balaban J connectivity index is 2.50. The maximum Gasteiger partial charge on any atom is 0.305 e. The topological polar surface area (TPSA) is 32.9 Å². The number of aromatic nitrogens is 1. The smallest absolute Gasteiger partial charge is 0.305 e. The zero-order valence-electron chi connectivity index (χ0n) is 7.36. The van der Waals surface area contributed by atoms with Gasteiger partial charge < -0.3 is 4.98 Å². The lowest BCUT2D eigenvalue weighted by Crippen LogP contribution is -1.89. The number of rotatable bonds is 2. The highest BCUT2D eigenvalue weighted by Gasteiger charge is 1.98. The third-order valence-corrected chi connectivity index (χ3v) is 2.92. The molecule has 0 fully saturated rings. The van der Waals surface area contributed by atoms with Crippen molar-refractivity contribution in [1.29, 1.82) is 0 Å². The molecule has 1 N–H and O–H groups in total. The Morgan fingerprint density at radius 1 is 1.50 bits per heavy atom. The second kappa shape index (κ2) is 4.02. The highest BCUT2D eigenvalue weighted by molar-refractivity contribution is 7.80. The Labute approximate surface area is 90.7 Å². The summed E-state index contributed by atoms with van der Waals surface area (Å²) in [5.74, 6) is 0.724. The Morgan fingerprint density at radius 3 is 3.14 bits per heavy atom. The minimum Gasteiger partial charge on any atom is -0.312 e.